The largest absolute Gasteiger partial charge is 0.309 e. The van der Waals surface area contributed by atoms with Gasteiger partial charge in [-0.1, -0.05) is 188 Å². The van der Waals surface area contributed by atoms with Crippen molar-refractivity contribution < 1.29 is 9.13 Å². The zero-order valence-corrected chi connectivity index (χ0v) is 36.8. The molecule has 0 aliphatic heterocycles. The van der Waals surface area contributed by atoms with Crippen LogP contribution in [0.4, 0.5) is 0 Å². The fraction of sp³-hybridized carbons (Fsp3) is 0. The molecule has 1 unspecified atom stereocenters. The van der Waals surface area contributed by atoms with Crippen molar-refractivity contribution in [3.8, 4) is 0 Å². The van der Waals surface area contributed by atoms with Crippen LogP contribution in [-0.4, -0.2) is 9.38 Å². The number of fused-ring (bicyclic) bond motifs is 13. The summed E-state index contributed by atoms with van der Waals surface area (Å²) < 4.78 is 34.9. The predicted octanol–water partition coefficient (Wildman–Crippen LogP) is 12.7. The van der Waals surface area contributed by atoms with Crippen molar-refractivity contribution in [3.63, 3.8) is 0 Å². The number of aromatic nitrogens is 2. The Hall–Kier alpha value is -7.61. The average Bonchev–Trinajstić information content (AvgIpc) is 3.77. The van der Waals surface area contributed by atoms with Crippen LogP contribution in [0.5, 0.6) is 0 Å². The molecule has 0 bridgehead atoms. The molecule has 2 aromatic heterocycles. The summed E-state index contributed by atoms with van der Waals surface area (Å²) in [6.07, 6.45) is 0. The number of hydrogen-bond donors (Lipinski definition) is 0. The quantitative estimate of drug-likeness (QED) is 0.124. The minimum absolute atomic E-state index is 0.711. The molecule has 0 amide bonds. The van der Waals surface area contributed by atoms with E-state index in [1.165, 1.54) is 0 Å². The monoisotopic (exact) mass is 868 g/mol. The van der Waals surface area contributed by atoms with Gasteiger partial charge in [0, 0.05) is 42.6 Å². The second kappa shape index (κ2) is 14.5. The number of nitrogens with zero attached hydrogens (tertiary/aromatic N) is 2. The zero-order chi connectivity index (χ0) is 43.3. The molecule has 0 saturated heterocycles. The predicted molar refractivity (Wildman–Crippen MR) is 277 cm³/mol. The summed E-state index contributed by atoms with van der Waals surface area (Å²) in [5.74, 6) is 0. The first kappa shape index (κ1) is 37.9. The average molecular weight is 869 g/mol. The Kier molecular flexibility index (Phi) is 8.43. The number of rotatable bonds is 6. The molecule has 0 aliphatic carbocycles. The molecule has 0 saturated carbocycles. The Morgan fingerprint density at radius 1 is 0.308 bits per heavy atom. The molecule has 13 rings (SSSR count). The summed E-state index contributed by atoms with van der Waals surface area (Å²) in [5, 5.41) is 16.3. The van der Waals surface area contributed by atoms with Crippen molar-refractivity contribution in [3.05, 3.63) is 231 Å². The maximum atomic E-state index is 16.4. The molecule has 2 heterocycles. The third kappa shape index (κ3) is 5.75. The van der Waals surface area contributed by atoms with Crippen molar-refractivity contribution in [1.82, 2.24) is 9.38 Å². The van der Waals surface area contributed by atoms with Gasteiger partial charge in [0.15, 0.2) is 14.3 Å². The van der Waals surface area contributed by atoms with Crippen molar-refractivity contribution in [2.45, 2.75) is 0 Å². The highest BCUT2D eigenvalue weighted by molar-refractivity contribution is 7.85. The molecule has 13 aromatic rings. The summed E-state index contributed by atoms with van der Waals surface area (Å²) >= 11 is 0. The van der Waals surface area contributed by atoms with Gasteiger partial charge in [0.1, 0.15) is 5.65 Å². The van der Waals surface area contributed by atoms with Gasteiger partial charge in [-0.05, 0) is 90.9 Å². The van der Waals surface area contributed by atoms with Crippen molar-refractivity contribution in [2.75, 3.05) is 0 Å². The second-order valence-corrected chi connectivity index (χ2v) is 22.5. The molecule has 0 radical (unpaired) electrons. The van der Waals surface area contributed by atoms with E-state index < -0.39 is 14.3 Å². The van der Waals surface area contributed by atoms with Gasteiger partial charge in [-0.25, -0.2) is 4.98 Å². The minimum Gasteiger partial charge on any atom is -0.309 e. The van der Waals surface area contributed by atoms with Crippen molar-refractivity contribution in [2.24, 2.45) is 0 Å². The fourth-order valence-corrected chi connectivity index (χ4v) is 15.6. The second-order valence-electron chi connectivity index (χ2n) is 17.0. The first-order valence-corrected chi connectivity index (χ1v) is 25.3. The smallest absolute Gasteiger partial charge is 0.171 e. The highest BCUT2D eigenvalue weighted by Crippen LogP contribution is 2.47. The van der Waals surface area contributed by atoms with Gasteiger partial charge in [0.2, 0.25) is 0 Å². The highest BCUT2D eigenvalue weighted by Gasteiger charge is 2.33. The number of hydrogen-bond acceptors (Lipinski definition) is 3. The minimum atomic E-state index is -3.47. The maximum Gasteiger partial charge on any atom is 0.171 e. The van der Waals surface area contributed by atoms with Crippen LogP contribution in [0, 0.1) is 0 Å². The van der Waals surface area contributed by atoms with Crippen LogP contribution in [0.3, 0.4) is 0 Å². The normalized spacial score (nSPS) is 13.2. The Morgan fingerprint density at radius 2 is 0.738 bits per heavy atom. The van der Waals surface area contributed by atoms with Crippen molar-refractivity contribution >= 4 is 128 Å². The third-order valence-electron chi connectivity index (χ3n) is 13.4. The molecule has 11 aromatic carbocycles. The summed E-state index contributed by atoms with van der Waals surface area (Å²) in [7, 11) is -6.88. The van der Waals surface area contributed by atoms with Gasteiger partial charge < -0.3 is 9.13 Å². The molecule has 65 heavy (non-hydrogen) atoms. The fourth-order valence-electron chi connectivity index (χ4n) is 10.2. The van der Waals surface area contributed by atoms with Crippen LogP contribution in [-0.2, 0) is 9.13 Å². The molecule has 1 atom stereocenters. The standard InChI is InChI=1S/C59H38N2O2P2/c62-64(46-19-2-1-3-20-46,47-26-22-39-12-4-7-16-43(39)34-47)51-29-32-53-54-31-25-42-15-10-11-21-52(42)58(54)59-60-55-37-50(30-33-56(55)61(59)57(53)38-51)65(63,48-27-23-40-13-5-8-17-44(40)35-48)49-28-24-41-14-6-9-18-45(41)36-49/h1-38H. The molecule has 4 nitrogen and oxygen atoms in total. The Labute approximate surface area is 374 Å². The summed E-state index contributed by atoms with van der Waals surface area (Å²) in [5.41, 5.74) is 3.31. The lowest BCUT2D eigenvalue weighted by molar-refractivity contribution is 0.591. The Balaban J connectivity index is 1.11. The van der Waals surface area contributed by atoms with E-state index in [1.54, 1.807) is 0 Å². The van der Waals surface area contributed by atoms with Gasteiger partial charge in [-0.15, -0.1) is 0 Å². The lowest BCUT2D eigenvalue weighted by Gasteiger charge is -2.22. The number of imidazole rings is 1. The molecule has 0 aliphatic rings. The van der Waals surface area contributed by atoms with Crippen LogP contribution in [0.1, 0.15) is 0 Å². The van der Waals surface area contributed by atoms with Gasteiger partial charge in [0.25, 0.3) is 0 Å². The summed E-state index contributed by atoms with van der Waals surface area (Å²) in [6.45, 7) is 0. The summed E-state index contributed by atoms with van der Waals surface area (Å²) in [4.78, 5) is 5.52. The van der Waals surface area contributed by atoms with Crippen LogP contribution in [0.2, 0.25) is 0 Å². The molecule has 6 heteroatoms. The van der Waals surface area contributed by atoms with Crippen LogP contribution in [0.15, 0.2) is 231 Å². The van der Waals surface area contributed by atoms with Crippen LogP contribution < -0.4 is 31.8 Å². The highest BCUT2D eigenvalue weighted by atomic mass is 31.2. The zero-order valence-electron chi connectivity index (χ0n) is 35.0. The molecule has 0 N–H and O–H groups in total. The van der Waals surface area contributed by atoms with E-state index in [1.807, 2.05) is 97.1 Å². The first-order chi connectivity index (χ1) is 31.9. The Morgan fingerprint density at radius 3 is 1.34 bits per heavy atom. The molecular formula is C59H38N2O2P2. The van der Waals surface area contributed by atoms with Crippen molar-refractivity contribution in [1.29, 1.82) is 0 Å². The van der Waals surface area contributed by atoms with Crippen LogP contribution in [0.25, 0.3) is 81.4 Å². The first-order valence-electron chi connectivity index (χ1n) is 21.9. The molecule has 0 spiro atoms. The molecule has 306 valence electrons. The van der Waals surface area contributed by atoms with Gasteiger partial charge in [-0.2, -0.15) is 0 Å². The van der Waals surface area contributed by atoms with E-state index in [9.17, 15) is 0 Å². The van der Waals surface area contributed by atoms with E-state index >= 15 is 9.13 Å². The lowest BCUT2D eigenvalue weighted by Crippen LogP contribution is -2.25. The number of benzene rings is 11. The number of pyridine rings is 1. The van der Waals surface area contributed by atoms with E-state index in [-0.39, 0.29) is 0 Å². The topological polar surface area (TPSA) is 51.4 Å². The van der Waals surface area contributed by atoms with E-state index in [2.05, 4.69) is 138 Å². The van der Waals surface area contributed by atoms with Gasteiger partial charge in [-0.3, -0.25) is 4.40 Å². The van der Waals surface area contributed by atoms with E-state index in [4.69, 9.17) is 4.98 Å². The molecular weight excluding hydrogens is 831 g/mol. The summed E-state index contributed by atoms with van der Waals surface area (Å²) in [6, 6.07) is 78.5. The van der Waals surface area contributed by atoms with E-state index in [0.29, 0.717) is 5.30 Å². The van der Waals surface area contributed by atoms with Gasteiger partial charge in [0.05, 0.1) is 16.6 Å². The molecule has 0 fully saturated rings. The Bertz CT molecular complexity index is 4130. The van der Waals surface area contributed by atoms with Gasteiger partial charge >= 0.3 is 0 Å². The third-order valence-corrected chi connectivity index (χ3v) is 19.5. The SMILES string of the molecule is O=P(c1ccc2ccccc2c1)(c1ccc2ccccc2c1)c1ccc2c(c1)nc1c3c4ccccc4ccc3c3ccc(P(=O)(c4ccccc4)c4ccc5ccccc5c4)cc3n21. The maximum absolute atomic E-state index is 16.4. The van der Waals surface area contributed by atoms with E-state index in [0.717, 1.165) is 108 Å². The van der Waals surface area contributed by atoms with Crippen LogP contribution >= 0.6 is 14.3 Å². The lowest BCUT2D eigenvalue weighted by atomic mass is 9.99.